The molecule has 2 rings (SSSR count). The predicted molar refractivity (Wildman–Crippen MR) is 90.7 cm³/mol. The molecule has 21 heavy (non-hydrogen) atoms. The molecule has 2 nitrogen and oxygen atoms in total. The third kappa shape index (κ3) is 4.05. The number of benzene rings is 2. The second-order valence-electron chi connectivity index (χ2n) is 6.18. The molecule has 0 spiro atoms. The average molecular weight is 285 g/mol. The van der Waals surface area contributed by atoms with Crippen LogP contribution in [0.15, 0.2) is 42.5 Å². The second kappa shape index (κ2) is 7.06. The fourth-order valence-corrected chi connectivity index (χ4v) is 2.76. The largest absolute Gasteiger partial charge is 0.379 e. The molecule has 0 heterocycles. The smallest absolute Gasteiger partial charge is 0.0623 e. The zero-order valence-electron chi connectivity index (χ0n) is 13.6. The summed E-state index contributed by atoms with van der Waals surface area (Å²) in [5, 5.41) is 6.29. The summed E-state index contributed by atoms with van der Waals surface area (Å²) in [6.45, 7) is 7.44. The van der Waals surface area contributed by atoms with Gasteiger partial charge in [-0.15, -0.1) is 0 Å². The zero-order chi connectivity index (χ0) is 15.3. The highest BCUT2D eigenvalue weighted by Gasteiger charge is 2.20. The van der Waals surface area contributed by atoms with E-state index in [4.69, 9.17) is 4.74 Å². The number of nitrogens with one attached hydrogen (secondary N) is 1. The van der Waals surface area contributed by atoms with Crippen molar-refractivity contribution in [2.24, 2.45) is 0 Å². The monoisotopic (exact) mass is 285 g/mol. The standard InChI is InChI=1S/C19H27NO/c1-5-20-18(13-14-19(2,3)21-4)17-12-8-10-15-9-6-7-11-16(15)17/h6-12,18,20H,5,13-14H2,1-4H3. The van der Waals surface area contributed by atoms with Crippen LogP contribution in [0.5, 0.6) is 0 Å². The minimum Gasteiger partial charge on any atom is -0.379 e. The van der Waals surface area contributed by atoms with E-state index in [1.165, 1.54) is 16.3 Å². The third-order valence-corrected chi connectivity index (χ3v) is 4.24. The van der Waals surface area contributed by atoms with Gasteiger partial charge in [0.05, 0.1) is 5.60 Å². The molecule has 0 aliphatic heterocycles. The van der Waals surface area contributed by atoms with Crippen molar-refractivity contribution in [2.45, 2.75) is 45.3 Å². The van der Waals surface area contributed by atoms with Gasteiger partial charge in [-0.1, -0.05) is 49.4 Å². The summed E-state index contributed by atoms with van der Waals surface area (Å²) in [5.74, 6) is 0. The van der Waals surface area contributed by atoms with Crippen molar-refractivity contribution >= 4 is 10.8 Å². The molecule has 2 heteroatoms. The van der Waals surface area contributed by atoms with Crippen LogP contribution in [0.2, 0.25) is 0 Å². The molecule has 1 unspecified atom stereocenters. The van der Waals surface area contributed by atoms with Gasteiger partial charge in [-0.2, -0.15) is 0 Å². The Morgan fingerprint density at radius 1 is 1.10 bits per heavy atom. The highest BCUT2D eigenvalue weighted by molar-refractivity contribution is 5.86. The molecule has 0 aliphatic carbocycles. The quantitative estimate of drug-likeness (QED) is 0.796. The third-order valence-electron chi connectivity index (χ3n) is 4.24. The average Bonchev–Trinajstić information content (AvgIpc) is 2.51. The molecule has 1 N–H and O–H groups in total. The lowest BCUT2D eigenvalue weighted by Gasteiger charge is -2.27. The van der Waals surface area contributed by atoms with Crippen LogP contribution in [0.3, 0.4) is 0 Å². The normalized spacial score (nSPS) is 13.5. The van der Waals surface area contributed by atoms with E-state index in [1.54, 1.807) is 7.11 Å². The van der Waals surface area contributed by atoms with E-state index >= 15 is 0 Å². The first-order chi connectivity index (χ1) is 10.1. The first-order valence-corrected chi connectivity index (χ1v) is 7.83. The lowest BCUT2D eigenvalue weighted by molar-refractivity contribution is 0.0117. The summed E-state index contributed by atoms with van der Waals surface area (Å²) >= 11 is 0. The van der Waals surface area contributed by atoms with Crippen molar-refractivity contribution in [3.8, 4) is 0 Å². The van der Waals surface area contributed by atoms with Crippen LogP contribution in [-0.2, 0) is 4.74 Å². The van der Waals surface area contributed by atoms with Gasteiger partial charge in [0.15, 0.2) is 0 Å². The number of methoxy groups -OCH3 is 1. The lowest BCUT2D eigenvalue weighted by atomic mass is 9.92. The van der Waals surface area contributed by atoms with Crippen LogP contribution in [0, 0.1) is 0 Å². The molecule has 0 aliphatic rings. The highest BCUT2D eigenvalue weighted by Crippen LogP contribution is 2.29. The Morgan fingerprint density at radius 2 is 1.81 bits per heavy atom. The van der Waals surface area contributed by atoms with Crippen molar-refractivity contribution in [3.63, 3.8) is 0 Å². The van der Waals surface area contributed by atoms with Gasteiger partial charge in [-0.05, 0) is 49.6 Å². The first kappa shape index (κ1) is 16.0. The molecular formula is C19H27NO. The van der Waals surface area contributed by atoms with Crippen LogP contribution in [0.1, 0.15) is 45.2 Å². The van der Waals surface area contributed by atoms with Gasteiger partial charge in [0.2, 0.25) is 0 Å². The second-order valence-corrected chi connectivity index (χ2v) is 6.18. The lowest BCUT2D eigenvalue weighted by Crippen LogP contribution is -2.27. The number of fused-ring (bicyclic) bond motifs is 1. The summed E-state index contributed by atoms with van der Waals surface area (Å²) in [4.78, 5) is 0. The number of rotatable bonds is 7. The molecule has 0 saturated heterocycles. The molecule has 0 fully saturated rings. The maximum atomic E-state index is 5.56. The Bertz CT molecular complexity index is 571. The summed E-state index contributed by atoms with van der Waals surface area (Å²) in [5.41, 5.74) is 1.32. The van der Waals surface area contributed by atoms with E-state index in [0.29, 0.717) is 6.04 Å². The van der Waals surface area contributed by atoms with Crippen molar-refractivity contribution in [1.29, 1.82) is 0 Å². The molecule has 0 aromatic heterocycles. The van der Waals surface area contributed by atoms with Gasteiger partial charge < -0.3 is 10.1 Å². The van der Waals surface area contributed by atoms with Gasteiger partial charge in [-0.25, -0.2) is 0 Å². The number of ether oxygens (including phenoxy) is 1. The van der Waals surface area contributed by atoms with Gasteiger partial charge in [0.1, 0.15) is 0 Å². The number of hydrogen-bond acceptors (Lipinski definition) is 2. The molecule has 0 amide bonds. The topological polar surface area (TPSA) is 21.3 Å². The fourth-order valence-electron chi connectivity index (χ4n) is 2.76. The Balaban J connectivity index is 2.28. The molecule has 0 radical (unpaired) electrons. The molecule has 2 aromatic rings. The van der Waals surface area contributed by atoms with Crippen molar-refractivity contribution in [3.05, 3.63) is 48.0 Å². The van der Waals surface area contributed by atoms with E-state index < -0.39 is 0 Å². The summed E-state index contributed by atoms with van der Waals surface area (Å²) < 4.78 is 5.56. The highest BCUT2D eigenvalue weighted by atomic mass is 16.5. The minimum absolute atomic E-state index is 0.0712. The van der Waals surface area contributed by atoms with E-state index in [9.17, 15) is 0 Å². The maximum Gasteiger partial charge on any atom is 0.0623 e. The molecule has 1 atom stereocenters. The summed E-state index contributed by atoms with van der Waals surface area (Å²) in [6, 6.07) is 15.6. The SMILES string of the molecule is CCNC(CCC(C)(C)OC)c1cccc2ccccc12. The van der Waals surface area contributed by atoms with Gasteiger partial charge in [0, 0.05) is 13.2 Å². The Labute approximate surface area is 128 Å². The maximum absolute atomic E-state index is 5.56. The van der Waals surface area contributed by atoms with Crippen molar-refractivity contribution in [2.75, 3.05) is 13.7 Å². The predicted octanol–water partition coefficient (Wildman–Crippen LogP) is 4.70. The van der Waals surface area contributed by atoms with E-state index in [0.717, 1.165) is 19.4 Å². The first-order valence-electron chi connectivity index (χ1n) is 7.83. The van der Waals surface area contributed by atoms with Crippen molar-refractivity contribution < 1.29 is 4.74 Å². The summed E-state index contributed by atoms with van der Waals surface area (Å²) in [6.07, 6.45) is 2.10. The molecule has 0 bridgehead atoms. The van der Waals surface area contributed by atoms with Crippen molar-refractivity contribution in [1.82, 2.24) is 5.32 Å². The minimum atomic E-state index is -0.0712. The zero-order valence-corrected chi connectivity index (χ0v) is 13.6. The fraction of sp³-hybridized carbons (Fsp3) is 0.474. The Kier molecular flexibility index (Phi) is 5.38. The molecule has 2 aromatic carbocycles. The van der Waals surface area contributed by atoms with E-state index in [1.807, 2.05) is 0 Å². The van der Waals surface area contributed by atoms with Gasteiger partial charge >= 0.3 is 0 Å². The van der Waals surface area contributed by atoms with Gasteiger partial charge in [-0.3, -0.25) is 0 Å². The van der Waals surface area contributed by atoms with E-state index in [-0.39, 0.29) is 5.60 Å². The van der Waals surface area contributed by atoms with E-state index in [2.05, 4.69) is 68.6 Å². The van der Waals surface area contributed by atoms with Crippen LogP contribution in [-0.4, -0.2) is 19.3 Å². The van der Waals surface area contributed by atoms with Crippen LogP contribution >= 0.6 is 0 Å². The molecular weight excluding hydrogens is 258 g/mol. The molecule has 114 valence electrons. The van der Waals surface area contributed by atoms with Crippen LogP contribution in [0.25, 0.3) is 10.8 Å². The number of hydrogen-bond donors (Lipinski definition) is 1. The Hall–Kier alpha value is -1.38. The van der Waals surface area contributed by atoms with Crippen LogP contribution in [0.4, 0.5) is 0 Å². The molecule has 0 saturated carbocycles. The van der Waals surface area contributed by atoms with Crippen LogP contribution < -0.4 is 5.32 Å². The summed E-state index contributed by atoms with van der Waals surface area (Å²) in [7, 11) is 1.79. The Morgan fingerprint density at radius 3 is 2.52 bits per heavy atom. The van der Waals surface area contributed by atoms with Gasteiger partial charge in [0.25, 0.3) is 0 Å².